The average Bonchev–Trinajstić information content (AvgIpc) is 3.10. The Labute approximate surface area is 182 Å². The van der Waals surface area contributed by atoms with E-state index in [4.69, 9.17) is 12.6 Å². The summed E-state index contributed by atoms with van der Waals surface area (Å²) in [5, 5.41) is 2.51. The van der Waals surface area contributed by atoms with Crippen molar-refractivity contribution in [3.05, 3.63) is 125 Å². The second-order valence-corrected chi connectivity index (χ2v) is 8.36. The van der Waals surface area contributed by atoms with Crippen LogP contribution in [0, 0.1) is 0 Å². The van der Waals surface area contributed by atoms with Crippen molar-refractivity contribution in [2.45, 2.75) is 5.41 Å². The van der Waals surface area contributed by atoms with Crippen molar-refractivity contribution < 1.29 is 4.74 Å². The van der Waals surface area contributed by atoms with Crippen molar-refractivity contribution in [1.82, 2.24) is 0 Å². The molecule has 0 bridgehead atoms. The minimum Gasteiger partial charge on any atom is -0.457 e. The fourth-order valence-corrected chi connectivity index (χ4v) is 5.68. The van der Waals surface area contributed by atoms with E-state index >= 15 is 0 Å². The Morgan fingerprint density at radius 2 is 1.26 bits per heavy atom. The fraction of sp³-hybridized carbons (Fsp3) is 0.0345. The van der Waals surface area contributed by atoms with Crippen molar-refractivity contribution in [3.63, 3.8) is 0 Å². The lowest BCUT2D eigenvalue weighted by atomic mass is 9.65. The molecule has 31 heavy (non-hydrogen) atoms. The largest absolute Gasteiger partial charge is 0.457 e. The molecule has 7 rings (SSSR count). The van der Waals surface area contributed by atoms with Gasteiger partial charge in [-0.1, -0.05) is 96.5 Å². The molecule has 0 saturated heterocycles. The van der Waals surface area contributed by atoms with E-state index in [9.17, 15) is 0 Å². The molecule has 2 heteroatoms. The van der Waals surface area contributed by atoms with Gasteiger partial charge in [0.1, 0.15) is 19.3 Å². The van der Waals surface area contributed by atoms with Gasteiger partial charge >= 0.3 is 0 Å². The van der Waals surface area contributed by atoms with Crippen LogP contribution in [0.15, 0.2) is 103 Å². The van der Waals surface area contributed by atoms with Crippen LogP contribution in [-0.4, -0.2) is 7.85 Å². The van der Waals surface area contributed by atoms with Crippen LogP contribution in [0.1, 0.15) is 22.3 Å². The summed E-state index contributed by atoms with van der Waals surface area (Å²) in [5.74, 6) is 1.80. The molecule has 5 aromatic rings. The molecule has 1 heterocycles. The van der Waals surface area contributed by atoms with Gasteiger partial charge in [-0.3, -0.25) is 0 Å². The molecular weight excluding hydrogens is 375 g/mol. The van der Waals surface area contributed by atoms with E-state index in [1.807, 2.05) is 18.2 Å². The quantitative estimate of drug-likeness (QED) is 0.283. The van der Waals surface area contributed by atoms with E-state index in [1.165, 1.54) is 33.0 Å². The summed E-state index contributed by atoms with van der Waals surface area (Å²) >= 11 is 0. The predicted molar refractivity (Wildman–Crippen MR) is 127 cm³/mol. The van der Waals surface area contributed by atoms with Crippen molar-refractivity contribution in [2.75, 3.05) is 0 Å². The first-order valence-corrected chi connectivity index (χ1v) is 10.6. The monoisotopic (exact) mass is 392 g/mol. The van der Waals surface area contributed by atoms with Crippen LogP contribution in [0.3, 0.4) is 0 Å². The second kappa shape index (κ2) is 5.89. The topological polar surface area (TPSA) is 9.23 Å². The van der Waals surface area contributed by atoms with Crippen LogP contribution in [0.2, 0.25) is 0 Å². The highest BCUT2D eigenvalue weighted by atomic mass is 16.5. The Kier molecular flexibility index (Phi) is 3.22. The molecule has 0 unspecified atom stereocenters. The van der Waals surface area contributed by atoms with Crippen LogP contribution in [-0.2, 0) is 5.41 Å². The van der Waals surface area contributed by atoms with Crippen molar-refractivity contribution in [2.24, 2.45) is 0 Å². The minimum atomic E-state index is -0.463. The van der Waals surface area contributed by atoms with Gasteiger partial charge in [0.15, 0.2) is 0 Å². The molecule has 1 nitrogen and oxygen atoms in total. The Hall–Kier alpha value is -3.78. The molecule has 2 aliphatic rings. The van der Waals surface area contributed by atoms with Gasteiger partial charge in [-0.15, -0.1) is 0 Å². The van der Waals surface area contributed by atoms with Crippen LogP contribution in [0.4, 0.5) is 0 Å². The van der Waals surface area contributed by atoms with E-state index in [-0.39, 0.29) is 0 Å². The zero-order valence-corrected chi connectivity index (χ0v) is 16.8. The average molecular weight is 392 g/mol. The molecular formula is C29H17BO. The number of hydrogen-bond acceptors (Lipinski definition) is 1. The smallest absolute Gasteiger partial charge is 0.132 e. The highest BCUT2D eigenvalue weighted by Gasteiger charge is 2.51. The minimum absolute atomic E-state index is 0.463. The first-order chi connectivity index (χ1) is 15.3. The Morgan fingerprint density at radius 3 is 2.03 bits per heavy atom. The summed E-state index contributed by atoms with van der Waals surface area (Å²) in [5.41, 5.74) is 7.68. The molecule has 1 aliphatic heterocycles. The third kappa shape index (κ3) is 2.02. The maximum atomic E-state index is 6.38. The van der Waals surface area contributed by atoms with Crippen molar-refractivity contribution >= 4 is 24.1 Å². The summed E-state index contributed by atoms with van der Waals surface area (Å²) in [7, 11) is 6.38. The summed E-state index contributed by atoms with van der Waals surface area (Å²) < 4.78 is 6.38. The standard InChI is InChI=1S/C29H17BO/c30-19-14-15-21-25(17-19)29(24-16-13-18-7-1-2-8-20(18)28(21)24)22-9-3-5-11-26(22)31-27-12-6-4-10-23(27)29/h1-17H. The number of para-hydroxylation sites is 2. The molecule has 1 aliphatic carbocycles. The van der Waals surface area contributed by atoms with Crippen LogP contribution in [0.25, 0.3) is 21.9 Å². The van der Waals surface area contributed by atoms with Gasteiger partial charge in [-0.25, -0.2) is 0 Å². The molecule has 1 spiro atoms. The Morgan fingerprint density at radius 1 is 0.581 bits per heavy atom. The van der Waals surface area contributed by atoms with Crippen LogP contribution < -0.4 is 10.2 Å². The summed E-state index contributed by atoms with van der Waals surface area (Å²) in [6.45, 7) is 0. The SMILES string of the molecule is [B]c1ccc2c(c1)C1(c3ccccc3Oc3ccccc31)c1ccc3ccccc3c1-2. The van der Waals surface area contributed by atoms with Gasteiger partial charge in [-0.2, -0.15) is 0 Å². The van der Waals surface area contributed by atoms with E-state index in [1.54, 1.807) is 0 Å². The Balaban J connectivity index is 1.75. The second-order valence-electron chi connectivity index (χ2n) is 8.36. The normalized spacial score (nSPS) is 14.5. The maximum Gasteiger partial charge on any atom is 0.132 e. The maximum absolute atomic E-state index is 6.38. The third-order valence-corrected chi connectivity index (χ3v) is 6.85. The fourth-order valence-electron chi connectivity index (χ4n) is 5.68. The lowest BCUT2D eigenvalue weighted by Crippen LogP contribution is -2.32. The number of ether oxygens (including phenoxy) is 1. The Bertz CT molecular complexity index is 1490. The first kappa shape index (κ1) is 17.0. The molecule has 5 aromatic carbocycles. The predicted octanol–water partition coefficient (Wildman–Crippen LogP) is 6.10. The van der Waals surface area contributed by atoms with E-state index < -0.39 is 5.41 Å². The van der Waals surface area contributed by atoms with Gasteiger partial charge < -0.3 is 4.74 Å². The lowest BCUT2D eigenvalue weighted by Gasteiger charge is -2.39. The number of fused-ring (bicyclic) bond motifs is 11. The number of hydrogen-bond donors (Lipinski definition) is 0. The zero-order chi connectivity index (χ0) is 20.6. The zero-order valence-electron chi connectivity index (χ0n) is 16.8. The van der Waals surface area contributed by atoms with Crippen molar-refractivity contribution in [1.29, 1.82) is 0 Å². The van der Waals surface area contributed by atoms with Gasteiger partial charge in [0.25, 0.3) is 0 Å². The van der Waals surface area contributed by atoms with E-state index in [0.29, 0.717) is 0 Å². The highest BCUT2D eigenvalue weighted by molar-refractivity contribution is 6.32. The molecule has 0 saturated carbocycles. The first-order valence-electron chi connectivity index (χ1n) is 10.6. The molecule has 0 fully saturated rings. The molecule has 2 radical (unpaired) electrons. The van der Waals surface area contributed by atoms with Gasteiger partial charge in [0.2, 0.25) is 0 Å². The summed E-state index contributed by atoms with van der Waals surface area (Å²) in [4.78, 5) is 0. The number of rotatable bonds is 0. The van der Waals surface area contributed by atoms with E-state index in [2.05, 4.69) is 84.9 Å². The molecule has 142 valence electrons. The molecule has 0 atom stereocenters. The van der Waals surface area contributed by atoms with Crippen LogP contribution in [0.5, 0.6) is 11.5 Å². The third-order valence-electron chi connectivity index (χ3n) is 6.85. The lowest BCUT2D eigenvalue weighted by molar-refractivity contribution is 0.436. The van der Waals surface area contributed by atoms with E-state index in [0.717, 1.165) is 28.1 Å². The molecule has 0 aromatic heterocycles. The van der Waals surface area contributed by atoms with Gasteiger partial charge in [0, 0.05) is 11.1 Å². The molecule has 0 amide bonds. The van der Waals surface area contributed by atoms with Crippen LogP contribution >= 0.6 is 0 Å². The highest BCUT2D eigenvalue weighted by Crippen LogP contribution is 2.62. The summed E-state index contributed by atoms with van der Waals surface area (Å²) in [6, 6.07) is 36.3. The van der Waals surface area contributed by atoms with Crippen molar-refractivity contribution in [3.8, 4) is 22.6 Å². The summed E-state index contributed by atoms with van der Waals surface area (Å²) in [6.07, 6.45) is 0. The molecule has 0 N–H and O–H groups in total. The number of benzene rings is 5. The van der Waals surface area contributed by atoms with Gasteiger partial charge in [-0.05, 0) is 45.2 Å². The van der Waals surface area contributed by atoms with Gasteiger partial charge in [0.05, 0.1) is 5.41 Å².